The van der Waals surface area contributed by atoms with Gasteiger partial charge in [0.1, 0.15) is 5.75 Å². The third kappa shape index (κ3) is 5.42. The second-order valence-electron chi connectivity index (χ2n) is 5.19. The van der Waals surface area contributed by atoms with Crippen LogP contribution in [0.2, 0.25) is 0 Å². The fourth-order valence-corrected chi connectivity index (χ4v) is 2.96. The molecule has 0 amide bonds. The first kappa shape index (κ1) is 19.2. The van der Waals surface area contributed by atoms with Gasteiger partial charge in [0, 0.05) is 11.9 Å². The van der Waals surface area contributed by atoms with E-state index in [2.05, 4.69) is 37.5 Å². The molecule has 0 radical (unpaired) electrons. The first-order chi connectivity index (χ1) is 12.0. The van der Waals surface area contributed by atoms with Gasteiger partial charge in [0.15, 0.2) is 0 Å². The summed E-state index contributed by atoms with van der Waals surface area (Å²) in [4.78, 5) is 3.86. The zero-order chi connectivity index (χ0) is 18.2. The lowest BCUT2D eigenvalue weighted by molar-refractivity contribution is -0.0534. The molecule has 1 heterocycles. The molecule has 0 aliphatic carbocycles. The zero-order valence-electron chi connectivity index (χ0n) is 13.7. The highest BCUT2D eigenvalue weighted by Gasteiger charge is 2.19. The van der Waals surface area contributed by atoms with Crippen molar-refractivity contribution in [2.45, 2.75) is 25.5 Å². The smallest absolute Gasteiger partial charge is 0.388 e. The number of methoxy groups -OCH3 is 1. The monoisotopic (exact) mass is 412 g/mol. The highest BCUT2D eigenvalue weighted by Crippen LogP contribution is 2.35. The molecule has 0 fully saturated rings. The minimum absolute atomic E-state index is 0.132. The summed E-state index contributed by atoms with van der Waals surface area (Å²) in [5.41, 5.74) is 1.67. The topological polar surface area (TPSA) is 43.4 Å². The Morgan fingerprint density at radius 3 is 2.60 bits per heavy atom. The number of anilines is 1. The van der Waals surface area contributed by atoms with Crippen LogP contribution in [0.3, 0.4) is 0 Å². The molecule has 134 valence electrons. The summed E-state index contributed by atoms with van der Waals surface area (Å²) < 4.78 is 35.1. The molecule has 1 aromatic carbocycles. The first-order valence-electron chi connectivity index (χ1n) is 7.65. The van der Waals surface area contributed by atoms with Gasteiger partial charge in [-0.15, -0.1) is 6.58 Å². The molecule has 0 spiro atoms. The number of nitrogens with zero attached hydrogens (tertiary/aromatic N) is 1. The summed E-state index contributed by atoms with van der Waals surface area (Å²) in [6.07, 6.45) is 4.75. The molecule has 2 rings (SSSR count). The molecule has 0 bridgehead atoms. The summed E-state index contributed by atoms with van der Waals surface area (Å²) in [6.45, 7) is 0.813. The fourth-order valence-electron chi connectivity index (χ4n) is 2.35. The lowest BCUT2D eigenvalue weighted by Gasteiger charge is -2.22. The Morgan fingerprint density at radius 1 is 1.28 bits per heavy atom. The van der Waals surface area contributed by atoms with Gasteiger partial charge >= 0.3 is 6.61 Å². The van der Waals surface area contributed by atoms with Gasteiger partial charge < -0.3 is 14.8 Å². The number of benzene rings is 1. The van der Waals surface area contributed by atoms with Gasteiger partial charge in [-0.3, -0.25) is 0 Å². The van der Waals surface area contributed by atoms with Crippen molar-refractivity contribution < 1.29 is 18.3 Å². The quantitative estimate of drug-likeness (QED) is 0.546. The molecular formula is C18H19BrF2N2O2. The van der Waals surface area contributed by atoms with Gasteiger partial charge in [0.25, 0.3) is 0 Å². The summed E-state index contributed by atoms with van der Waals surface area (Å²) in [5.74, 6) is 0.624. The van der Waals surface area contributed by atoms with Crippen LogP contribution in [0.15, 0.2) is 53.7 Å². The number of halogens is 3. The maximum Gasteiger partial charge on any atom is 0.388 e. The molecule has 4 nitrogen and oxygen atoms in total. The van der Waals surface area contributed by atoms with Crippen LogP contribution in [-0.4, -0.2) is 18.7 Å². The molecule has 0 aliphatic heterocycles. The Balaban J connectivity index is 2.28. The lowest BCUT2D eigenvalue weighted by Crippen LogP contribution is -2.13. The Kier molecular flexibility index (Phi) is 7.18. The molecule has 7 heteroatoms. The fraction of sp³-hybridized carbons (Fsp3) is 0.278. The molecular weight excluding hydrogens is 394 g/mol. The minimum Gasteiger partial charge on any atom is -0.497 e. The van der Waals surface area contributed by atoms with Gasteiger partial charge in [-0.2, -0.15) is 8.78 Å². The van der Waals surface area contributed by atoms with Crippen LogP contribution in [0.4, 0.5) is 14.5 Å². The van der Waals surface area contributed by atoms with Crippen molar-refractivity contribution in [3.63, 3.8) is 0 Å². The maximum atomic E-state index is 12.5. The standard InChI is InChI=1S/C18H19BrF2N2O2/c1-3-4-5-15(23-12-6-8-13(24-2)9-7-12)14-10-11-22-17(16(14)19)25-18(20)21/h3,6-11,15,18,23H,1,4-5H2,2H3. The van der Waals surface area contributed by atoms with Crippen LogP contribution in [-0.2, 0) is 0 Å². The van der Waals surface area contributed by atoms with E-state index in [1.807, 2.05) is 30.3 Å². The predicted molar refractivity (Wildman–Crippen MR) is 97.4 cm³/mol. The van der Waals surface area contributed by atoms with Crippen LogP contribution in [0.1, 0.15) is 24.4 Å². The number of rotatable bonds is 9. The number of hydrogen-bond acceptors (Lipinski definition) is 4. The van der Waals surface area contributed by atoms with Crippen molar-refractivity contribution in [3.8, 4) is 11.6 Å². The molecule has 0 saturated carbocycles. The highest BCUT2D eigenvalue weighted by atomic mass is 79.9. The van der Waals surface area contributed by atoms with Gasteiger partial charge in [-0.25, -0.2) is 4.98 Å². The third-order valence-corrected chi connectivity index (χ3v) is 4.35. The summed E-state index contributed by atoms with van der Waals surface area (Å²) in [7, 11) is 1.61. The van der Waals surface area contributed by atoms with E-state index >= 15 is 0 Å². The van der Waals surface area contributed by atoms with Crippen LogP contribution >= 0.6 is 15.9 Å². The van der Waals surface area contributed by atoms with Crippen LogP contribution < -0.4 is 14.8 Å². The molecule has 1 atom stereocenters. The van der Waals surface area contributed by atoms with E-state index in [4.69, 9.17) is 4.74 Å². The summed E-state index contributed by atoms with van der Waals surface area (Å²) >= 11 is 3.33. The Labute approximate surface area is 154 Å². The number of allylic oxidation sites excluding steroid dienone is 1. The average molecular weight is 413 g/mol. The average Bonchev–Trinajstić information content (AvgIpc) is 2.61. The zero-order valence-corrected chi connectivity index (χ0v) is 15.3. The van der Waals surface area contributed by atoms with Crippen molar-refractivity contribution in [2.24, 2.45) is 0 Å². The molecule has 1 aromatic heterocycles. The van der Waals surface area contributed by atoms with Gasteiger partial charge in [-0.05, 0) is 64.7 Å². The number of alkyl halides is 2. The lowest BCUT2D eigenvalue weighted by atomic mass is 10.0. The van der Waals surface area contributed by atoms with Crippen LogP contribution in [0, 0.1) is 0 Å². The first-order valence-corrected chi connectivity index (χ1v) is 8.45. The van der Waals surface area contributed by atoms with Crippen molar-refractivity contribution in [1.29, 1.82) is 0 Å². The van der Waals surface area contributed by atoms with Crippen molar-refractivity contribution >= 4 is 21.6 Å². The molecule has 0 aliphatic rings. The Hall–Kier alpha value is -2.15. The number of aromatic nitrogens is 1. The van der Waals surface area contributed by atoms with Crippen LogP contribution in [0.5, 0.6) is 11.6 Å². The SMILES string of the molecule is C=CCCC(Nc1ccc(OC)cc1)c1ccnc(OC(F)F)c1Br. The van der Waals surface area contributed by atoms with E-state index in [1.54, 1.807) is 13.2 Å². The van der Waals surface area contributed by atoms with Gasteiger partial charge in [0.2, 0.25) is 5.88 Å². The molecule has 0 saturated heterocycles. The van der Waals surface area contributed by atoms with E-state index in [9.17, 15) is 8.78 Å². The third-order valence-electron chi connectivity index (χ3n) is 3.55. The Bertz CT molecular complexity index is 696. The van der Waals surface area contributed by atoms with Gasteiger partial charge in [0.05, 0.1) is 17.6 Å². The maximum absolute atomic E-state index is 12.5. The van der Waals surface area contributed by atoms with Gasteiger partial charge in [-0.1, -0.05) is 6.08 Å². The van der Waals surface area contributed by atoms with Crippen molar-refractivity contribution in [1.82, 2.24) is 4.98 Å². The minimum atomic E-state index is -2.93. The Morgan fingerprint density at radius 2 is 2.00 bits per heavy atom. The number of nitrogens with one attached hydrogen (secondary N) is 1. The van der Waals surface area contributed by atoms with E-state index in [0.29, 0.717) is 4.47 Å². The van der Waals surface area contributed by atoms with Crippen LogP contribution in [0.25, 0.3) is 0 Å². The van der Waals surface area contributed by atoms with Crippen molar-refractivity contribution in [2.75, 3.05) is 12.4 Å². The van der Waals surface area contributed by atoms with E-state index < -0.39 is 6.61 Å². The van der Waals surface area contributed by atoms with Crippen molar-refractivity contribution in [3.05, 3.63) is 59.2 Å². The normalized spacial score (nSPS) is 11.9. The second-order valence-corrected chi connectivity index (χ2v) is 5.98. The highest BCUT2D eigenvalue weighted by molar-refractivity contribution is 9.10. The largest absolute Gasteiger partial charge is 0.497 e. The van der Waals surface area contributed by atoms with E-state index in [1.165, 1.54) is 6.20 Å². The van der Waals surface area contributed by atoms with E-state index in [0.717, 1.165) is 29.8 Å². The van der Waals surface area contributed by atoms with E-state index in [-0.39, 0.29) is 11.9 Å². The number of ether oxygens (including phenoxy) is 2. The molecule has 25 heavy (non-hydrogen) atoms. The second kappa shape index (κ2) is 9.36. The molecule has 2 aromatic rings. The predicted octanol–water partition coefficient (Wildman–Crippen LogP) is 5.57. The number of hydrogen-bond donors (Lipinski definition) is 1. The molecule has 1 unspecified atom stereocenters. The number of pyridine rings is 1. The summed E-state index contributed by atoms with van der Waals surface area (Å²) in [5, 5.41) is 3.40. The summed E-state index contributed by atoms with van der Waals surface area (Å²) in [6, 6.07) is 9.12. The molecule has 1 N–H and O–H groups in total.